The van der Waals surface area contributed by atoms with Crippen LogP contribution >= 0.6 is 31.9 Å². The molecule has 0 aromatic heterocycles. The van der Waals surface area contributed by atoms with E-state index in [4.69, 9.17) is 4.74 Å². The van der Waals surface area contributed by atoms with Gasteiger partial charge in [0.1, 0.15) is 12.4 Å². The van der Waals surface area contributed by atoms with Gasteiger partial charge >= 0.3 is 5.97 Å². The summed E-state index contributed by atoms with van der Waals surface area (Å²) in [6.07, 6.45) is 0. The van der Waals surface area contributed by atoms with Crippen molar-refractivity contribution in [1.82, 2.24) is 0 Å². The number of halogens is 2. The molecule has 1 rings (SSSR count). The summed E-state index contributed by atoms with van der Waals surface area (Å²) >= 11 is 6.63. The summed E-state index contributed by atoms with van der Waals surface area (Å²) in [5.74, 6) is -0.192. The topological polar surface area (TPSA) is 55.8 Å². The monoisotopic (exact) mass is 366 g/mol. The zero-order valence-corrected chi connectivity index (χ0v) is 12.5. The predicted octanol–water partition coefficient (Wildman–Crippen LogP) is 2.51. The summed E-state index contributed by atoms with van der Waals surface area (Å²) in [6, 6.07) is 5.33. The molecule has 0 fully saturated rings. The average molecular weight is 368 g/mol. The molecule has 6 heteroatoms. The Bertz CT molecular complexity index is 418. The Morgan fingerprint density at radius 2 is 2.12 bits per heavy atom. The van der Waals surface area contributed by atoms with Crippen LogP contribution in [0.15, 0.2) is 27.1 Å². The van der Waals surface area contributed by atoms with Crippen molar-refractivity contribution < 1.29 is 19.4 Å². The van der Waals surface area contributed by atoms with Gasteiger partial charge in [-0.15, -0.1) is 0 Å². The van der Waals surface area contributed by atoms with Crippen LogP contribution in [0.4, 0.5) is 0 Å². The second-order valence-corrected chi connectivity index (χ2v) is 5.40. The fraction of sp³-hybridized carbons (Fsp3) is 0.364. The third-order valence-electron chi connectivity index (χ3n) is 2.03. The van der Waals surface area contributed by atoms with Gasteiger partial charge in [-0.2, -0.15) is 0 Å². The minimum Gasteiger partial charge on any atom is -0.489 e. The average Bonchev–Trinajstić information content (AvgIpc) is 2.26. The van der Waals surface area contributed by atoms with Crippen molar-refractivity contribution in [3.05, 3.63) is 27.1 Å². The molecule has 0 radical (unpaired) electrons. The Labute approximate surface area is 116 Å². The van der Waals surface area contributed by atoms with Crippen LogP contribution in [-0.4, -0.2) is 30.4 Å². The fourth-order valence-corrected chi connectivity index (χ4v) is 2.25. The molecule has 0 bridgehead atoms. The maximum absolute atomic E-state index is 11.2. The summed E-state index contributed by atoms with van der Waals surface area (Å²) in [6.45, 7) is 1.16. The van der Waals surface area contributed by atoms with Crippen LogP contribution in [0.1, 0.15) is 6.92 Å². The molecule has 0 amide bonds. The molecule has 0 spiro atoms. The molecule has 0 heterocycles. The fourth-order valence-electron chi connectivity index (χ4n) is 1.09. The molecule has 0 aliphatic carbocycles. The van der Waals surface area contributed by atoms with E-state index in [0.717, 1.165) is 8.95 Å². The highest BCUT2D eigenvalue weighted by Crippen LogP contribution is 2.28. The van der Waals surface area contributed by atoms with Crippen molar-refractivity contribution in [2.75, 3.05) is 13.7 Å². The van der Waals surface area contributed by atoms with Crippen molar-refractivity contribution >= 4 is 37.8 Å². The number of aliphatic hydroxyl groups is 1. The second-order valence-electron chi connectivity index (χ2n) is 3.63. The third-order valence-corrected chi connectivity index (χ3v) is 3.14. The minimum absolute atomic E-state index is 0.181. The second kappa shape index (κ2) is 5.84. The number of hydrogen-bond donors (Lipinski definition) is 1. The van der Waals surface area contributed by atoms with Crippen molar-refractivity contribution in [3.63, 3.8) is 0 Å². The van der Waals surface area contributed by atoms with E-state index in [1.54, 1.807) is 12.1 Å². The Balaban J connectivity index is 2.70. The normalized spacial score (nSPS) is 13.9. The highest BCUT2D eigenvalue weighted by molar-refractivity contribution is 9.11. The zero-order valence-electron chi connectivity index (χ0n) is 9.37. The van der Waals surface area contributed by atoms with Crippen LogP contribution in [0.25, 0.3) is 0 Å². The van der Waals surface area contributed by atoms with E-state index < -0.39 is 11.6 Å². The molecule has 1 N–H and O–H groups in total. The lowest BCUT2D eigenvalue weighted by atomic mass is 10.1. The zero-order chi connectivity index (χ0) is 13.1. The molecule has 1 atom stereocenters. The van der Waals surface area contributed by atoms with E-state index >= 15 is 0 Å². The van der Waals surface area contributed by atoms with Gasteiger partial charge in [-0.05, 0) is 41.1 Å². The number of carbonyl (C=O) groups is 1. The van der Waals surface area contributed by atoms with Crippen LogP contribution in [0.5, 0.6) is 5.75 Å². The molecule has 0 aliphatic heterocycles. The highest BCUT2D eigenvalue weighted by Gasteiger charge is 2.32. The molecule has 1 aromatic carbocycles. The van der Waals surface area contributed by atoms with E-state index in [0.29, 0.717) is 5.75 Å². The molecule has 1 aromatic rings. The van der Waals surface area contributed by atoms with Crippen molar-refractivity contribution in [3.8, 4) is 5.75 Å². The van der Waals surface area contributed by atoms with Gasteiger partial charge in [-0.3, -0.25) is 0 Å². The predicted molar refractivity (Wildman–Crippen MR) is 70.0 cm³/mol. The molecule has 0 aliphatic rings. The van der Waals surface area contributed by atoms with Gasteiger partial charge in [0.05, 0.1) is 11.6 Å². The largest absolute Gasteiger partial charge is 0.489 e. The van der Waals surface area contributed by atoms with E-state index in [1.807, 2.05) is 6.07 Å². The van der Waals surface area contributed by atoms with Crippen LogP contribution in [0.2, 0.25) is 0 Å². The number of carbonyl (C=O) groups excluding carboxylic acids is 1. The lowest BCUT2D eigenvalue weighted by molar-refractivity contribution is -0.163. The molecule has 0 saturated heterocycles. The lowest BCUT2D eigenvalue weighted by Crippen LogP contribution is -2.42. The van der Waals surface area contributed by atoms with Crippen LogP contribution in [-0.2, 0) is 9.53 Å². The summed E-state index contributed by atoms with van der Waals surface area (Å²) in [4.78, 5) is 11.2. The number of benzene rings is 1. The smallest absolute Gasteiger partial charge is 0.341 e. The SMILES string of the molecule is COC(=O)C(C)(O)COc1ccc(Br)cc1Br. The number of esters is 1. The molecule has 4 nitrogen and oxygen atoms in total. The van der Waals surface area contributed by atoms with Crippen molar-refractivity contribution in [2.45, 2.75) is 12.5 Å². The summed E-state index contributed by atoms with van der Waals surface area (Å²) < 4.78 is 11.5. The molecular formula is C11H12Br2O4. The molecule has 94 valence electrons. The summed E-state index contributed by atoms with van der Waals surface area (Å²) in [7, 11) is 1.21. The standard InChI is InChI=1S/C11H12Br2O4/c1-11(15,10(14)16-2)6-17-9-4-3-7(12)5-8(9)13/h3-5,15H,6H2,1-2H3. The number of rotatable bonds is 4. The first-order valence-corrected chi connectivity index (χ1v) is 6.34. The Kier molecular flexibility index (Phi) is 4.97. The number of ether oxygens (including phenoxy) is 2. The molecule has 0 saturated carbocycles. The minimum atomic E-state index is -1.67. The van der Waals surface area contributed by atoms with Crippen molar-refractivity contribution in [1.29, 1.82) is 0 Å². The summed E-state index contributed by atoms with van der Waals surface area (Å²) in [5, 5.41) is 9.77. The van der Waals surface area contributed by atoms with Gasteiger partial charge < -0.3 is 14.6 Å². The Morgan fingerprint density at radius 1 is 1.47 bits per heavy atom. The van der Waals surface area contributed by atoms with Gasteiger partial charge in [-0.25, -0.2) is 4.79 Å². The lowest BCUT2D eigenvalue weighted by Gasteiger charge is -2.20. The maximum atomic E-state index is 11.2. The number of hydrogen-bond acceptors (Lipinski definition) is 4. The highest BCUT2D eigenvalue weighted by atomic mass is 79.9. The number of methoxy groups -OCH3 is 1. The molecule has 17 heavy (non-hydrogen) atoms. The Hall–Kier alpha value is -0.590. The first-order valence-electron chi connectivity index (χ1n) is 4.75. The van der Waals surface area contributed by atoms with E-state index in [2.05, 4.69) is 36.6 Å². The van der Waals surface area contributed by atoms with Gasteiger partial charge in [0, 0.05) is 4.47 Å². The van der Waals surface area contributed by atoms with Crippen molar-refractivity contribution in [2.24, 2.45) is 0 Å². The quantitative estimate of drug-likeness (QED) is 0.831. The maximum Gasteiger partial charge on any atom is 0.341 e. The van der Waals surface area contributed by atoms with Crippen LogP contribution in [0, 0.1) is 0 Å². The van der Waals surface area contributed by atoms with Crippen LogP contribution in [0.3, 0.4) is 0 Å². The first-order chi connectivity index (χ1) is 7.86. The first kappa shape index (κ1) is 14.5. The van der Waals surface area contributed by atoms with Gasteiger partial charge in [0.25, 0.3) is 0 Å². The van der Waals surface area contributed by atoms with E-state index in [1.165, 1.54) is 14.0 Å². The van der Waals surface area contributed by atoms with E-state index in [9.17, 15) is 9.90 Å². The van der Waals surface area contributed by atoms with Gasteiger partial charge in [-0.1, -0.05) is 15.9 Å². The third kappa shape index (κ3) is 3.97. The summed E-state index contributed by atoms with van der Waals surface area (Å²) in [5.41, 5.74) is -1.67. The van der Waals surface area contributed by atoms with Crippen LogP contribution < -0.4 is 4.74 Å². The Morgan fingerprint density at radius 3 is 2.65 bits per heavy atom. The molecular weight excluding hydrogens is 356 g/mol. The van der Waals surface area contributed by atoms with E-state index in [-0.39, 0.29) is 6.61 Å². The molecule has 1 unspecified atom stereocenters. The van der Waals surface area contributed by atoms with Gasteiger partial charge in [0.2, 0.25) is 0 Å². The van der Waals surface area contributed by atoms with Gasteiger partial charge in [0.15, 0.2) is 5.60 Å².